The molecule has 4 aromatic heterocycles. The number of phenols is 1. The Bertz CT molecular complexity index is 4490. The average molecular weight is 1310 g/mol. The summed E-state index contributed by atoms with van der Waals surface area (Å²) in [4.78, 5) is 68.5. The van der Waals surface area contributed by atoms with Gasteiger partial charge in [0.2, 0.25) is 0 Å². The molecule has 0 aliphatic heterocycles. The lowest BCUT2D eigenvalue weighted by Crippen LogP contribution is -2.27. The Labute approximate surface area is 555 Å². The first-order valence-electron chi connectivity index (χ1n) is 29.1. The van der Waals surface area contributed by atoms with Crippen molar-refractivity contribution in [3.63, 3.8) is 0 Å². The molecule has 0 saturated carbocycles. The van der Waals surface area contributed by atoms with Crippen molar-refractivity contribution in [1.29, 1.82) is 0 Å². The third-order valence-electron chi connectivity index (χ3n) is 14.0. The molecule has 12 aromatic rings. The van der Waals surface area contributed by atoms with Crippen LogP contribution in [-0.2, 0) is 9.47 Å². The second kappa shape index (κ2) is 32.2. The largest absolute Gasteiger partial charge is 0.508 e. The lowest BCUT2D eigenvalue weighted by Gasteiger charge is -2.15. The van der Waals surface area contributed by atoms with Gasteiger partial charge in [0.1, 0.15) is 28.8 Å². The molecule has 0 spiro atoms. The number of hydrogen-bond acceptors (Lipinski definition) is 18. The Morgan fingerprint density at radius 3 is 1.10 bits per heavy atom. The number of amides is 1. The molecule has 94 heavy (non-hydrogen) atoms. The normalized spacial score (nSPS) is 10.8. The number of hydrogen-bond donors (Lipinski definition) is 3. The molecule has 1 amide bonds. The molecule has 0 bridgehead atoms. The van der Waals surface area contributed by atoms with Crippen molar-refractivity contribution >= 4 is 57.8 Å². The maximum Gasteiger partial charge on any atom is 0.338 e. The molecular formula is C74H64N6O11S3. The van der Waals surface area contributed by atoms with Crippen LogP contribution in [0.25, 0.3) is 44.5 Å². The van der Waals surface area contributed by atoms with E-state index in [1.807, 2.05) is 174 Å². The summed E-state index contributed by atoms with van der Waals surface area (Å²) in [6, 6.07) is 52.3. The molecule has 0 radical (unpaired) electrons. The highest BCUT2D eigenvalue weighted by molar-refractivity contribution is 7.11. The van der Waals surface area contributed by atoms with E-state index >= 15 is 0 Å². The Morgan fingerprint density at radius 1 is 0.415 bits per heavy atom. The number of aromatic hydroxyl groups is 1. The van der Waals surface area contributed by atoms with Crippen molar-refractivity contribution in [2.24, 2.45) is 0 Å². The lowest BCUT2D eigenvalue weighted by molar-refractivity contribution is 0.0591. The summed E-state index contributed by atoms with van der Waals surface area (Å²) in [5.41, 5.74) is 14.2. The number of ether oxygens (including phenoxy) is 5. The Balaban J connectivity index is 0.000000150. The van der Waals surface area contributed by atoms with Gasteiger partial charge in [-0.2, -0.15) is 0 Å². The van der Waals surface area contributed by atoms with Gasteiger partial charge in [0.25, 0.3) is 21.5 Å². The number of nitrogens with one attached hydrogen (secondary N) is 1. The fraction of sp³-hybridized carbons (Fsp3) is 0.122. The molecule has 0 unspecified atom stereocenters. The summed E-state index contributed by atoms with van der Waals surface area (Å²) in [6.45, 7) is 11.8. The van der Waals surface area contributed by atoms with Gasteiger partial charge in [-0.25, -0.2) is 39.3 Å². The Kier molecular flexibility index (Phi) is 23.0. The molecular weight excluding hydrogens is 1250 g/mol. The zero-order chi connectivity index (χ0) is 66.7. The highest BCUT2D eigenvalue weighted by atomic mass is 32.1. The molecule has 0 aliphatic carbocycles. The zero-order valence-corrected chi connectivity index (χ0v) is 54.8. The van der Waals surface area contributed by atoms with Crippen LogP contribution in [0.4, 0.5) is 0 Å². The SMILES string of the molecule is COC(=O)c1cc(O)cc(-c2ccc(C)cc2)c1.COC(=O)c1cc(Oc2nccs2)cc(-c2ccc(C)cc2)c1.Cc1ccc(-c2cc(Oc3nccs3)cc(C(=O)N[C@H](C)c3cnc(C)nc3)c2)cc1.Cc1ccc(-c2cc(Oc3nccs3)cc(C(=O)O)c2)cc1. The Morgan fingerprint density at radius 2 is 0.745 bits per heavy atom. The van der Waals surface area contributed by atoms with Crippen LogP contribution in [0.1, 0.15) is 88.0 Å². The van der Waals surface area contributed by atoms with Crippen LogP contribution in [0, 0.1) is 34.6 Å². The summed E-state index contributed by atoms with van der Waals surface area (Å²) < 4.78 is 26.8. The number of phenolic OH excluding ortho intramolecular Hbond substituents is 1. The number of carboxylic acid groups (broad SMARTS) is 1. The second-order valence-electron chi connectivity index (χ2n) is 21.2. The molecule has 0 saturated heterocycles. The van der Waals surface area contributed by atoms with Gasteiger partial charge in [0, 0.05) is 58.3 Å². The van der Waals surface area contributed by atoms with Crippen LogP contribution in [0.15, 0.2) is 217 Å². The first kappa shape index (κ1) is 67.2. The predicted octanol–water partition coefficient (Wildman–Crippen LogP) is 18.0. The topological polar surface area (TPSA) is 231 Å². The van der Waals surface area contributed by atoms with E-state index in [0.29, 0.717) is 55.3 Å². The number of benzene rings is 8. The molecule has 20 heteroatoms. The van der Waals surface area contributed by atoms with E-state index in [0.717, 1.165) is 61.2 Å². The van der Waals surface area contributed by atoms with Gasteiger partial charge < -0.3 is 39.2 Å². The van der Waals surface area contributed by atoms with Gasteiger partial charge in [0.15, 0.2) is 0 Å². The number of aryl methyl sites for hydroxylation is 5. The van der Waals surface area contributed by atoms with Crippen LogP contribution in [-0.4, -0.2) is 73.2 Å². The monoisotopic (exact) mass is 1310 g/mol. The number of nitrogens with zero attached hydrogens (tertiary/aromatic N) is 5. The summed E-state index contributed by atoms with van der Waals surface area (Å²) >= 11 is 4.14. The fourth-order valence-electron chi connectivity index (χ4n) is 9.04. The molecule has 3 N–H and O–H groups in total. The standard InChI is InChI=1S/C24H22N4O2S.C18H15NO3S.C17H13NO3S.C15H14O3/c1-15-4-6-18(7-5-15)19-10-20(12-22(11-19)30-24-25-8-9-31-24)23(29)28-16(2)21-13-26-17(3)27-14-21;1-12-3-5-13(6-4-12)14-9-15(17(20)21-2)11-16(10-14)22-18-19-7-8-23-18;1-11-2-4-12(5-3-11)13-8-14(16(19)20)10-15(9-13)21-17-18-6-7-22-17;1-10-3-5-11(6-4-10)12-7-13(15(17)18-2)9-14(16)8-12/h4-14,16H,1-3H3,(H,28,29);3-11H,1-2H3;2-10H,1H3,(H,19,20);3-9,16H,1-2H3/t16-;;;/m1.../s1. The number of methoxy groups -OCH3 is 2. The minimum atomic E-state index is -0.988. The number of rotatable bonds is 16. The molecule has 17 nitrogen and oxygen atoms in total. The fourth-order valence-corrected chi connectivity index (χ4v) is 10.5. The van der Waals surface area contributed by atoms with Gasteiger partial charge in [0.05, 0.1) is 37.0 Å². The van der Waals surface area contributed by atoms with E-state index in [1.165, 1.54) is 71.5 Å². The maximum absolute atomic E-state index is 13.1. The summed E-state index contributed by atoms with van der Waals surface area (Å²) in [5.74, 6) is 0.269. The van der Waals surface area contributed by atoms with Crippen LogP contribution in [0.5, 0.6) is 38.6 Å². The molecule has 1 atom stereocenters. The summed E-state index contributed by atoms with van der Waals surface area (Å²) in [6.07, 6.45) is 8.45. The lowest BCUT2D eigenvalue weighted by atomic mass is 10.0. The number of aromatic nitrogens is 5. The molecule has 474 valence electrons. The van der Waals surface area contributed by atoms with E-state index in [1.54, 1.807) is 72.8 Å². The van der Waals surface area contributed by atoms with E-state index in [9.17, 15) is 29.4 Å². The number of thiazole rings is 3. The number of carbonyl (C=O) groups is 4. The molecule has 12 rings (SSSR count). The number of carbonyl (C=O) groups excluding carboxylic acids is 3. The zero-order valence-electron chi connectivity index (χ0n) is 52.4. The summed E-state index contributed by atoms with van der Waals surface area (Å²) in [5, 5.41) is 29.0. The van der Waals surface area contributed by atoms with E-state index in [2.05, 4.69) is 35.0 Å². The third kappa shape index (κ3) is 19.2. The number of esters is 2. The second-order valence-corrected chi connectivity index (χ2v) is 23.8. The highest BCUT2D eigenvalue weighted by Crippen LogP contribution is 2.35. The van der Waals surface area contributed by atoms with E-state index < -0.39 is 17.9 Å². The minimum absolute atomic E-state index is 0.0495. The minimum Gasteiger partial charge on any atom is -0.508 e. The van der Waals surface area contributed by atoms with Gasteiger partial charge in [-0.3, -0.25) is 4.79 Å². The molecule has 8 aromatic carbocycles. The van der Waals surface area contributed by atoms with Gasteiger partial charge in [-0.05, 0) is 159 Å². The van der Waals surface area contributed by atoms with Crippen LogP contribution in [0.3, 0.4) is 0 Å². The Hall–Kier alpha value is -11.2. The van der Waals surface area contributed by atoms with Crippen molar-refractivity contribution < 1.29 is 53.1 Å². The van der Waals surface area contributed by atoms with Crippen LogP contribution in [0.2, 0.25) is 0 Å². The third-order valence-corrected chi connectivity index (χ3v) is 16.0. The quantitative estimate of drug-likeness (QED) is 0.0764. The molecule has 4 heterocycles. The molecule has 0 fully saturated rings. The molecule has 0 aliphatic rings. The number of aromatic carboxylic acids is 1. The predicted molar refractivity (Wildman–Crippen MR) is 367 cm³/mol. The van der Waals surface area contributed by atoms with E-state index in [4.69, 9.17) is 18.9 Å². The van der Waals surface area contributed by atoms with E-state index in [-0.39, 0.29) is 23.3 Å². The van der Waals surface area contributed by atoms with Gasteiger partial charge >= 0.3 is 17.9 Å². The first-order valence-corrected chi connectivity index (χ1v) is 31.8. The van der Waals surface area contributed by atoms with Gasteiger partial charge in [-0.1, -0.05) is 153 Å². The highest BCUT2D eigenvalue weighted by Gasteiger charge is 2.18. The van der Waals surface area contributed by atoms with Crippen LogP contribution >= 0.6 is 34.0 Å². The number of carboxylic acids is 1. The van der Waals surface area contributed by atoms with Crippen molar-refractivity contribution in [3.05, 3.63) is 273 Å². The van der Waals surface area contributed by atoms with Crippen molar-refractivity contribution in [2.75, 3.05) is 14.2 Å². The summed E-state index contributed by atoms with van der Waals surface area (Å²) in [7, 11) is 2.68. The smallest absolute Gasteiger partial charge is 0.338 e. The van der Waals surface area contributed by atoms with Crippen molar-refractivity contribution in [2.45, 2.75) is 47.6 Å². The maximum atomic E-state index is 13.1. The first-order chi connectivity index (χ1) is 45.3. The van der Waals surface area contributed by atoms with Crippen molar-refractivity contribution in [1.82, 2.24) is 30.2 Å². The average Bonchev–Trinajstić information content (AvgIpc) is 1.06. The van der Waals surface area contributed by atoms with Crippen molar-refractivity contribution in [3.8, 4) is 83.1 Å². The van der Waals surface area contributed by atoms with Gasteiger partial charge in [-0.15, -0.1) is 0 Å². The van der Waals surface area contributed by atoms with Crippen LogP contribution < -0.4 is 19.5 Å².